The van der Waals surface area contributed by atoms with Gasteiger partial charge in [0.25, 0.3) is 4.45 Å². The van der Waals surface area contributed by atoms with Crippen LogP contribution in [0.1, 0.15) is 0 Å². The van der Waals surface area contributed by atoms with Crippen LogP contribution in [0.15, 0.2) is 0 Å². The zero-order chi connectivity index (χ0) is 7.40. The van der Waals surface area contributed by atoms with Crippen molar-refractivity contribution in [3.63, 3.8) is 0 Å². The lowest BCUT2D eigenvalue weighted by molar-refractivity contribution is 0.0776. The van der Waals surface area contributed by atoms with Crippen LogP contribution in [-0.4, -0.2) is 35.1 Å². The number of carbonyl (C=O) groups excluding carboxylic acids is 1. The first-order valence-corrected chi connectivity index (χ1v) is 4.24. The van der Waals surface area contributed by atoms with Gasteiger partial charge in [0.1, 0.15) is 0 Å². The van der Waals surface area contributed by atoms with E-state index in [0.717, 1.165) is 25.0 Å². The average Bonchev–Trinajstić information content (AvgIpc) is 1.88. The van der Waals surface area contributed by atoms with Gasteiger partial charge >= 0.3 is 0 Å². The Kier molecular flexibility index (Phi) is 3.55. The third-order valence-corrected chi connectivity index (χ3v) is 2.20. The molecule has 1 rings (SSSR count). The van der Waals surface area contributed by atoms with Gasteiger partial charge in [-0.15, -0.1) is 0 Å². The molecule has 10 heavy (non-hydrogen) atoms. The molecule has 0 saturated carbocycles. The van der Waals surface area contributed by atoms with Crippen LogP contribution in [0.3, 0.4) is 0 Å². The molecule has 5 heteroatoms. The van der Waals surface area contributed by atoms with E-state index in [9.17, 15) is 4.79 Å². The number of morpholine rings is 1. The van der Waals surface area contributed by atoms with Crippen LogP contribution in [0.5, 0.6) is 0 Å². The fourth-order valence-electron chi connectivity index (χ4n) is 0.748. The summed E-state index contributed by atoms with van der Waals surface area (Å²) in [5.74, 6) is 0. The first kappa shape index (κ1) is 8.39. The van der Waals surface area contributed by atoms with Gasteiger partial charge in [-0.05, 0) is 0 Å². The summed E-state index contributed by atoms with van der Waals surface area (Å²) >= 11 is 4.80. The molecule has 1 fully saturated rings. The first-order chi connectivity index (χ1) is 4.79. The van der Waals surface area contributed by atoms with Crippen LogP contribution in [-0.2, 0) is 4.74 Å². The van der Waals surface area contributed by atoms with Crippen LogP contribution >= 0.6 is 24.6 Å². The highest BCUT2D eigenvalue weighted by molar-refractivity contribution is 8.30. The molecule has 0 aliphatic carbocycles. The monoisotopic (exact) mass is 179 g/mol. The normalized spacial score (nSPS) is 20.9. The van der Waals surface area contributed by atoms with Gasteiger partial charge in [-0.2, -0.15) is 0 Å². The number of nitrogens with zero attached hydrogens (tertiary/aromatic N) is 1. The van der Waals surface area contributed by atoms with Crippen LogP contribution in [0.25, 0.3) is 0 Å². The summed E-state index contributed by atoms with van der Waals surface area (Å²) < 4.78 is 6.90. The van der Waals surface area contributed by atoms with Crippen LogP contribution in [0.2, 0.25) is 0 Å². The SMILES string of the molecule is O=C(S)SN1CCOCC1. The van der Waals surface area contributed by atoms with E-state index < -0.39 is 0 Å². The van der Waals surface area contributed by atoms with E-state index in [1.165, 1.54) is 0 Å². The summed E-state index contributed by atoms with van der Waals surface area (Å²) in [6.07, 6.45) is 0. The van der Waals surface area contributed by atoms with Crippen molar-refractivity contribution in [2.45, 2.75) is 0 Å². The Balaban J connectivity index is 2.19. The van der Waals surface area contributed by atoms with E-state index in [1.54, 1.807) is 0 Å². The molecule has 0 aromatic heterocycles. The van der Waals surface area contributed by atoms with Crippen LogP contribution in [0, 0.1) is 0 Å². The summed E-state index contributed by atoms with van der Waals surface area (Å²) in [4.78, 5) is 10.5. The molecule has 58 valence electrons. The zero-order valence-electron chi connectivity index (χ0n) is 5.45. The highest BCUT2D eigenvalue weighted by atomic mass is 32.2. The van der Waals surface area contributed by atoms with Crippen LogP contribution < -0.4 is 0 Å². The van der Waals surface area contributed by atoms with Gasteiger partial charge in [0.05, 0.1) is 13.2 Å². The molecule has 1 heterocycles. The fraction of sp³-hybridized carbons (Fsp3) is 0.800. The Morgan fingerprint density at radius 2 is 2.10 bits per heavy atom. The zero-order valence-corrected chi connectivity index (χ0v) is 7.16. The van der Waals surface area contributed by atoms with Gasteiger partial charge in [0.15, 0.2) is 0 Å². The van der Waals surface area contributed by atoms with Gasteiger partial charge in [-0.1, -0.05) is 12.6 Å². The molecule has 0 N–H and O–H groups in total. The molecule has 0 aromatic carbocycles. The second-order valence-electron chi connectivity index (χ2n) is 1.90. The lowest BCUT2D eigenvalue weighted by Crippen LogP contribution is -2.31. The highest BCUT2D eigenvalue weighted by Gasteiger charge is 2.12. The smallest absolute Gasteiger partial charge is 0.258 e. The Labute approximate surface area is 69.6 Å². The predicted molar refractivity (Wildman–Crippen MR) is 44.4 cm³/mol. The van der Waals surface area contributed by atoms with Crippen molar-refractivity contribution < 1.29 is 9.53 Å². The molecule has 0 atom stereocenters. The number of hydrogen-bond acceptors (Lipinski definition) is 4. The maximum Gasteiger partial charge on any atom is 0.258 e. The van der Waals surface area contributed by atoms with E-state index in [2.05, 4.69) is 12.6 Å². The van der Waals surface area contributed by atoms with Gasteiger partial charge in [0.2, 0.25) is 0 Å². The lowest BCUT2D eigenvalue weighted by atomic mass is 10.5. The minimum Gasteiger partial charge on any atom is -0.379 e. The Hall–Kier alpha value is 0.290. The molecule has 0 bridgehead atoms. The summed E-state index contributed by atoms with van der Waals surface area (Å²) in [7, 11) is 0. The second-order valence-corrected chi connectivity index (χ2v) is 3.68. The second kappa shape index (κ2) is 4.23. The van der Waals surface area contributed by atoms with Crippen molar-refractivity contribution >= 4 is 29.0 Å². The van der Waals surface area contributed by atoms with Crippen molar-refractivity contribution in [2.75, 3.05) is 26.3 Å². The molecular weight excluding hydrogens is 170 g/mol. The third-order valence-electron chi connectivity index (χ3n) is 1.18. The molecule has 1 aliphatic heterocycles. The minimum absolute atomic E-state index is 0.151. The van der Waals surface area contributed by atoms with Crippen molar-refractivity contribution in [3.05, 3.63) is 0 Å². The summed E-state index contributed by atoms with van der Waals surface area (Å²) in [6, 6.07) is 0. The Morgan fingerprint density at radius 3 is 2.60 bits per heavy atom. The maximum absolute atomic E-state index is 10.5. The number of ether oxygens (including phenoxy) is 1. The minimum atomic E-state index is -0.151. The molecule has 0 spiro atoms. The molecule has 1 saturated heterocycles. The van der Waals surface area contributed by atoms with Crippen molar-refractivity contribution in [2.24, 2.45) is 0 Å². The molecule has 1 aliphatic rings. The summed E-state index contributed by atoms with van der Waals surface area (Å²) in [5, 5.41) is 0. The predicted octanol–water partition coefficient (Wildman–Crippen LogP) is 1.02. The molecule has 0 aromatic rings. The number of rotatable bonds is 1. The molecular formula is C5H9NO2S2. The van der Waals surface area contributed by atoms with E-state index in [1.807, 2.05) is 4.31 Å². The largest absolute Gasteiger partial charge is 0.379 e. The molecule has 0 radical (unpaired) electrons. The Bertz CT molecular complexity index is 125. The van der Waals surface area contributed by atoms with E-state index in [4.69, 9.17) is 4.74 Å². The van der Waals surface area contributed by atoms with Gasteiger partial charge in [-0.25, -0.2) is 4.31 Å². The maximum atomic E-state index is 10.5. The lowest BCUT2D eigenvalue weighted by Gasteiger charge is -2.23. The van der Waals surface area contributed by atoms with Crippen LogP contribution in [0.4, 0.5) is 4.79 Å². The van der Waals surface area contributed by atoms with Crippen molar-refractivity contribution in [3.8, 4) is 0 Å². The average molecular weight is 179 g/mol. The third kappa shape index (κ3) is 2.92. The summed E-state index contributed by atoms with van der Waals surface area (Å²) in [6.45, 7) is 3.07. The topological polar surface area (TPSA) is 29.5 Å². The molecule has 0 unspecified atom stereocenters. The molecule has 3 nitrogen and oxygen atoms in total. The van der Waals surface area contributed by atoms with E-state index >= 15 is 0 Å². The van der Waals surface area contributed by atoms with Crippen molar-refractivity contribution in [1.29, 1.82) is 0 Å². The number of thiol groups is 1. The first-order valence-electron chi connectivity index (χ1n) is 3.02. The van der Waals surface area contributed by atoms with Gasteiger partial charge < -0.3 is 4.74 Å². The Morgan fingerprint density at radius 1 is 1.50 bits per heavy atom. The quantitative estimate of drug-likeness (QED) is 0.480. The standard InChI is InChI=1S/C5H9NO2S2/c7-5(9)10-6-1-3-8-4-2-6/h1-4H2,(H,7,9). The van der Waals surface area contributed by atoms with E-state index in [-0.39, 0.29) is 4.45 Å². The summed E-state index contributed by atoms with van der Waals surface area (Å²) in [5.41, 5.74) is 0. The number of carbonyl (C=O) groups is 1. The fourth-order valence-corrected chi connectivity index (χ4v) is 1.65. The van der Waals surface area contributed by atoms with Crippen molar-refractivity contribution in [1.82, 2.24) is 4.31 Å². The highest BCUT2D eigenvalue weighted by Crippen LogP contribution is 2.15. The number of hydrogen-bond donors (Lipinski definition) is 1. The molecule has 0 amide bonds. The van der Waals surface area contributed by atoms with Gasteiger partial charge in [0, 0.05) is 25.0 Å². The van der Waals surface area contributed by atoms with Gasteiger partial charge in [-0.3, -0.25) is 4.79 Å². The van der Waals surface area contributed by atoms with E-state index in [0.29, 0.717) is 13.2 Å².